The summed E-state index contributed by atoms with van der Waals surface area (Å²) in [5, 5.41) is 12.3. The van der Waals surface area contributed by atoms with Crippen LogP contribution in [-0.4, -0.2) is 21.5 Å². The quantitative estimate of drug-likeness (QED) is 0.855. The predicted octanol–water partition coefficient (Wildman–Crippen LogP) is 2.07. The molecule has 0 atom stereocenters. The standard InChI is InChI=1S/C13H18N4/c1-3-14-10-12-13(16-17(4-2)15-12)11-8-6-5-7-9-11/h5-9,14H,3-4,10H2,1-2H3. The van der Waals surface area contributed by atoms with Gasteiger partial charge in [-0.25, -0.2) is 0 Å². The number of aryl methyl sites for hydroxylation is 1. The van der Waals surface area contributed by atoms with E-state index in [1.54, 1.807) is 4.80 Å². The second-order valence-electron chi connectivity index (χ2n) is 3.83. The number of nitrogens with zero attached hydrogens (tertiary/aromatic N) is 3. The van der Waals surface area contributed by atoms with Crippen LogP contribution in [0.15, 0.2) is 30.3 Å². The van der Waals surface area contributed by atoms with Crippen LogP contribution in [0.25, 0.3) is 11.3 Å². The van der Waals surface area contributed by atoms with E-state index in [1.165, 1.54) is 0 Å². The lowest BCUT2D eigenvalue weighted by atomic mass is 10.1. The van der Waals surface area contributed by atoms with Gasteiger partial charge in [0.05, 0.1) is 6.54 Å². The fourth-order valence-electron chi connectivity index (χ4n) is 1.71. The van der Waals surface area contributed by atoms with E-state index in [4.69, 9.17) is 0 Å². The van der Waals surface area contributed by atoms with Crippen molar-refractivity contribution in [2.24, 2.45) is 0 Å². The Morgan fingerprint density at radius 1 is 1.12 bits per heavy atom. The van der Waals surface area contributed by atoms with E-state index in [0.29, 0.717) is 0 Å². The number of nitrogens with one attached hydrogen (secondary N) is 1. The first-order chi connectivity index (χ1) is 8.35. The molecule has 2 rings (SSSR count). The molecule has 1 aromatic heterocycles. The molecule has 0 saturated carbocycles. The van der Waals surface area contributed by atoms with Gasteiger partial charge in [0.2, 0.25) is 0 Å². The molecule has 0 spiro atoms. The van der Waals surface area contributed by atoms with Crippen molar-refractivity contribution in [3.8, 4) is 11.3 Å². The molecular formula is C13H18N4. The third-order valence-electron chi connectivity index (χ3n) is 2.60. The van der Waals surface area contributed by atoms with Crippen molar-refractivity contribution in [3.63, 3.8) is 0 Å². The Labute approximate surface area is 102 Å². The highest BCUT2D eigenvalue weighted by Gasteiger charge is 2.11. The average Bonchev–Trinajstić information content (AvgIpc) is 2.80. The maximum Gasteiger partial charge on any atom is 0.117 e. The van der Waals surface area contributed by atoms with E-state index in [2.05, 4.69) is 34.6 Å². The lowest BCUT2D eigenvalue weighted by Crippen LogP contribution is -2.13. The first-order valence-corrected chi connectivity index (χ1v) is 6.05. The fraction of sp³-hybridized carbons (Fsp3) is 0.385. The molecule has 0 aliphatic carbocycles. The van der Waals surface area contributed by atoms with Gasteiger partial charge in [-0.3, -0.25) is 0 Å². The largest absolute Gasteiger partial charge is 0.311 e. The zero-order chi connectivity index (χ0) is 12.1. The van der Waals surface area contributed by atoms with Gasteiger partial charge in [0, 0.05) is 12.1 Å². The van der Waals surface area contributed by atoms with Crippen LogP contribution in [0.3, 0.4) is 0 Å². The minimum atomic E-state index is 0.765. The molecular weight excluding hydrogens is 212 g/mol. The molecule has 1 heterocycles. The van der Waals surface area contributed by atoms with Crippen molar-refractivity contribution in [3.05, 3.63) is 36.0 Å². The smallest absolute Gasteiger partial charge is 0.117 e. The van der Waals surface area contributed by atoms with Crippen LogP contribution in [0.1, 0.15) is 19.5 Å². The number of aromatic nitrogens is 3. The molecule has 0 bridgehead atoms. The van der Waals surface area contributed by atoms with Gasteiger partial charge in [-0.05, 0) is 13.5 Å². The summed E-state index contributed by atoms with van der Waals surface area (Å²) >= 11 is 0. The molecule has 90 valence electrons. The summed E-state index contributed by atoms with van der Waals surface area (Å²) in [6.07, 6.45) is 0. The second-order valence-corrected chi connectivity index (χ2v) is 3.83. The van der Waals surface area contributed by atoms with Crippen LogP contribution in [0.2, 0.25) is 0 Å². The molecule has 4 heteroatoms. The van der Waals surface area contributed by atoms with Crippen LogP contribution in [0, 0.1) is 0 Å². The van der Waals surface area contributed by atoms with E-state index in [9.17, 15) is 0 Å². The van der Waals surface area contributed by atoms with Crippen LogP contribution in [0.5, 0.6) is 0 Å². The monoisotopic (exact) mass is 230 g/mol. The van der Waals surface area contributed by atoms with Crippen molar-refractivity contribution in [2.45, 2.75) is 26.9 Å². The number of rotatable bonds is 5. The van der Waals surface area contributed by atoms with Gasteiger partial charge in [-0.1, -0.05) is 37.3 Å². The molecule has 0 radical (unpaired) electrons. The second kappa shape index (κ2) is 5.59. The summed E-state index contributed by atoms with van der Waals surface area (Å²) in [4.78, 5) is 1.75. The summed E-state index contributed by atoms with van der Waals surface area (Å²) in [5.74, 6) is 0. The molecule has 17 heavy (non-hydrogen) atoms. The summed E-state index contributed by atoms with van der Waals surface area (Å²) in [6, 6.07) is 10.2. The maximum atomic E-state index is 4.52. The Balaban J connectivity index is 2.34. The van der Waals surface area contributed by atoms with Crippen LogP contribution < -0.4 is 5.32 Å². The van der Waals surface area contributed by atoms with Crippen molar-refractivity contribution in [1.29, 1.82) is 0 Å². The molecule has 0 amide bonds. The molecule has 2 aromatic rings. The first kappa shape index (κ1) is 11.8. The van der Waals surface area contributed by atoms with Crippen molar-refractivity contribution >= 4 is 0 Å². The minimum Gasteiger partial charge on any atom is -0.311 e. The predicted molar refractivity (Wildman–Crippen MR) is 68.5 cm³/mol. The highest BCUT2D eigenvalue weighted by atomic mass is 15.5. The van der Waals surface area contributed by atoms with E-state index in [-0.39, 0.29) is 0 Å². The topological polar surface area (TPSA) is 42.7 Å². The minimum absolute atomic E-state index is 0.765. The van der Waals surface area contributed by atoms with E-state index >= 15 is 0 Å². The summed E-state index contributed by atoms with van der Waals surface area (Å²) in [5.41, 5.74) is 3.12. The summed E-state index contributed by atoms with van der Waals surface area (Å²) in [6.45, 7) is 6.64. The Hall–Kier alpha value is -1.68. The Kier molecular flexibility index (Phi) is 3.88. The Bertz CT molecular complexity index is 462. The lowest BCUT2D eigenvalue weighted by Gasteiger charge is -2.00. The summed E-state index contributed by atoms with van der Waals surface area (Å²) in [7, 11) is 0. The van der Waals surface area contributed by atoms with Crippen LogP contribution >= 0.6 is 0 Å². The molecule has 1 N–H and O–H groups in total. The van der Waals surface area contributed by atoms with Gasteiger partial charge in [0.1, 0.15) is 11.4 Å². The highest BCUT2D eigenvalue weighted by Crippen LogP contribution is 2.19. The van der Waals surface area contributed by atoms with Crippen molar-refractivity contribution < 1.29 is 0 Å². The molecule has 0 aliphatic rings. The SMILES string of the molecule is CCNCc1nn(CC)nc1-c1ccccc1. The van der Waals surface area contributed by atoms with Crippen molar-refractivity contribution in [1.82, 2.24) is 20.3 Å². The van der Waals surface area contributed by atoms with Gasteiger partial charge >= 0.3 is 0 Å². The van der Waals surface area contributed by atoms with Crippen LogP contribution in [0.4, 0.5) is 0 Å². The highest BCUT2D eigenvalue weighted by molar-refractivity contribution is 5.60. The normalized spacial score (nSPS) is 10.7. The van der Waals surface area contributed by atoms with E-state index in [1.807, 2.05) is 25.1 Å². The van der Waals surface area contributed by atoms with Gasteiger partial charge in [0.15, 0.2) is 0 Å². The maximum absolute atomic E-state index is 4.52. The average molecular weight is 230 g/mol. The number of benzene rings is 1. The third-order valence-corrected chi connectivity index (χ3v) is 2.60. The molecule has 1 aromatic carbocycles. The Morgan fingerprint density at radius 2 is 1.88 bits per heavy atom. The van der Waals surface area contributed by atoms with Gasteiger partial charge in [0.25, 0.3) is 0 Å². The zero-order valence-electron chi connectivity index (χ0n) is 10.3. The molecule has 0 fully saturated rings. The van der Waals surface area contributed by atoms with Gasteiger partial charge in [-0.2, -0.15) is 15.0 Å². The number of hydrogen-bond acceptors (Lipinski definition) is 3. The lowest BCUT2D eigenvalue weighted by molar-refractivity contribution is 0.559. The van der Waals surface area contributed by atoms with Gasteiger partial charge in [-0.15, -0.1) is 0 Å². The van der Waals surface area contributed by atoms with Gasteiger partial charge < -0.3 is 5.32 Å². The van der Waals surface area contributed by atoms with E-state index in [0.717, 1.165) is 36.6 Å². The van der Waals surface area contributed by atoms with Crippen molar-refractivity contribution in [2.75, 3.05) is 6.54 Å². The number of hydrogen-bond donors (Lipinski definition) is 1. The first-order valence-electron chi connectivity index (χ1n) is 6.05. The molecule has 0 saturated heterocycles. The molecule has 0 unspecified atom stereocenters. The summed E-state index contributed by atoms with van der Waals surface area (Å²) < 4.78 is 0. The third kappa shape index (κ3) is 2.71. The van der Waals surface area contributed by atoms with E-state index < -0.39 is 0 Å². The molecule has 4 nitrogen and oxygen atoms in total. The van der Waals surface area contributed by atoms with Crippen LogP contribution in [-0.2, 0) is 13.1 Å². The Morgan fingerprint density at radius 3 is 2.53 bits per heavy atom. The molecule has 0 aliphatic heterocycles. The zero-order valence-corrected chi connectivity index (χ0v) is 10.3. The fourth-order valence-corrected chi connectivity index (χ4v) is 1.71.